The fourth-order valence-corrected chi connectivity index (χ4v) is 1.90. The molecule has 0 aliphatic carbocycles. The molecule has 4 heteroatoms. The molecule has 1 aromatic heterocycles. The van der Waals surface area contributed by atoms with Crippen LogP contribution in [-0.4, -0.2) is 21.0 Å². The van der Waals surface area contributed by atoms with Gasteiger partial charge in [0.1, 0.15) is 0 Å². The van der Waals surface area contributed by atoms with Gasteiger partial charge in [0.15, 0.2) is 5.78 Å². The van der Waals surface area contributed by atoms with Crippen LogP contribution in [0.3, 0.4) is 0 Å². The Balaban J connectivity index is 1.74. The number of carbonyl (C=O) groups excluding carboxylic acids is 1. The summed E-state index contributed by atoms with van der Waals surface area (Å²) >= 11 is 0. The highest BCUT2D eigenvalue weighted by atomic mass is 16.1. The molecule has 0 atom stereocenters. The molecule has 4 nitrogen and oxygen atoms in total. The lowest BCUT2D eigenvalue weighted by atomic mass is 10.0. The van der Waals surface area contributed by atoms with Crippen molar-refractivity contribution < 1.29 is 4.79 Å². The van der Waals surface area contributed by atoms with E-state index in [0.29, 0.717) is 17.7 Å². The number of Topliss-reactive ketones (excluding diaryl/α,β-unsaturated/α-hetero) is 1. The third kappa shape index (κ3) is 4.17. The van der Waals surface area contributed by atoms with Crippen LogP contribution in [0.1, 0.15) is 29.6 Å². The quantitative estimate of drug-likeness (QED) is 0.610. The third-order valence-electron chi connectivity index (χ3n) is 2.92. The summed E-state index contributed by atoms with van der Waals surface area (Å²) in [6, 6.07) is 9.15. The topological polar surface area (TPSA) is 58.7 Å². The second-order valence-corrected chi connectivity index (χ2v) is 4.47. The van der Waals surface area contributed by atoms with Crippen LogP contribution in [0, 0.1) is 5.41 Å². The van der Waals surface area contributed by atoms with Gasteiger partial charge in [-0.1, -0.05) is 30.3 Å². The van der Waals surface area contributed by atoms with E-state index < -0.39 is 0 Å². The van der Waals surface area contributed by atoms with Gasteiger partial charge in [-0.05, 0) is 12.8 Å². The minimum atomic E-state index is 0.0215. The van der Waals surface area contributed by atoms with Crippen LogP contribution in [0.25, 0.3) is 0 Å². The predicted octanol–water partition coefficient (Wildman–Crippen LogP) is 2.96. The standard InChI is InChI=1S/C15H17N3O/c16-14(7-4-9-18-10-8-17-12-18)11-15(19)13-5-2-1-3-6-13/h1-3,5-6,8,10,12,16H,4,7,9,11H2. The van der Waals surface area contributed by atoms with E-state index in [1.807, 2.05) is 29.0 Å². The molecule has 0 fully saturated rings. The SMILES string of the molecule is N=C(CCCn1ccnc1)CC(=O)c1ccccc1. The Morgan fingerprint density at radius 1 is 1.26 bits per heavy atom. The number of nitrogens with zero attached hydrogens (tertiary/aromatic N) is 2. The molecule has 2 aromatic rings. The van der Waals surface area contributed by atoms with E-state index in [-0.39, 0.29) is 12.2 Å². The number of carbonyl (C=O) groups is 1. The van der Waals surface area contributed by atoms with E-state index in [0.717, 1.165) is 13.0 Å². The number of imidazole rings is 1. The number of hydrogen-bond acceptors (Lipinski definition) is 3. The summed E-state index contributed by atoms with van der Waals surface area (Å²) < 4.78 is 1.98. The highest BCUT2D eigenvalue weighted by molar-refractivity contribution is 6.08. The summed E-state index contributed by atoms with van der Waals surface area (Å²) in [6.07, 6.45) is 7.13. The molecule has 2 rings (SSSR count). The Hall–Kier alpha value is -2.23. The Morgan fingerprint density at radius 3 is 2.74 bits per heavy atom. The maximum Gasteiger partial charge on any atom is 0.168 e. The van der Waals surface area contributed by atoms with E-state index in [1.165, 1.54) is 0 Å². The van der Waals surface area contributed by atoms with Crippen LogP contribution in [0.4, 0.5) is 0 Å². The largest absolute Gasteiger partial charge is 0.337 e. The van der Waals surface area contributed by atoms with Gasteiger partial charge >= 0.3 is 0 Å². The summed E-state index contributed by atoms with van der Waals surface area (Å²) in [4.78, 5) is 15.9. The lowest BCUT2D eigenvalue weighted by molar-refractivity contribution is 0.1000. The first-order chi connectivity index (χ1) is 9.25. The molecule has 0 saturated carbocycles. The van der Waals surface area contributed by atoms with Crippen LogP contribution >= 0.6 is 0 Å². The van der Waals surface area contributed by atoms with Crippen LogP contribution in [0.5, 0.6) is 0 Å². The summed E-state index contributed by atoms with van der Waals surface area (Å²) in [5.74, 6) is 0.0215. The van der Waals surface area contributed by atoms with Gasteiger partial charge in [0, 0.05) is 36.6 Å². The first-order valence-corrected chi connectivity index (χ1v) is 6.36. The maximum absolute atomic E-state index is 11.9. The summed E-state index contributed by atoms with van der Waals surface area (Å²) in [5, 5.41) is 7.85. The monoisotopic (exact) mass is 255 g/mol. The lowest BCUT2D eigenvalue weighted by Crippen LogP contribution is -2.08. The Morgan fingerprint density at radius 2 is 2.05 bits per heavy atom. The number of rotatable bonds is 7. The molecule has 0 aliphatic rings. The van der Waals surface area contributed by atoms with Gasteiger partial charge in [0.25, 0.3) is 0 Å². The summed E-state index contributed by atoms with van der Waals surface area (Å²) in [7, 11) is 0. The van der Waals surface area contributed by atoms with Gasteiger partial charge < -0.3 is 9.98 Å². The Kier molecular flexibility index (Phi) is 4.61. The van der Waals surface area contributed by atoms with Crippen molar-refractivity contribution in [3.63, 3.8) is 0 Å². The van der Waals surface area contributed by atoms with Gasteiger partial charge in [0.05, 0.1) is 6.33 Å². The molecule has 1 aromatic carbocycles. The third-order valence-corrected chi connectivity index (χ3v) is 2.92. The van der Waals surface area contributed by atoms with Crippen molar-refractivity contribution in [2.24, 2.45) is 0 Å². The average molecular weight is 255 g/mol. The number of ketones is 1. The van der Waals surface area contributed by atoms with E-state index in [2.05, 4.69) is 4.98 Å². The van der Waals surface area contributed by atoms with Crippen molar-refractivity contribution in [1.29, 1.82) is 5.41 Å². The van der Waals surface area contributed by atoms with E-state index >= 15 is 0 Å². The fraction of sp³-hybridized carbons (Fsp3) is 0.267. The molecule has 0 bridgehead atoms. The zero-order valence-corrected chi connectivity index (χ0v) is 10.7. The molecule has 0 aliphatic heterocycles. The summed E-state index contributed by atoms with van der Waals surface area (Å²) in [5.41, 5.74) is 1.18. The number of nitrogens with one attached hydrogen (secondary N) is 1. The van der Waals surface area contributed by atoms with Crippen LogP contribution in [0.15, 0.2) is 49.1 Å². The normalized spacial score (nSPS) is 10.3. The van der Waals surface area contributed by atoms with Gasteiger partial charge in [-0.25, -0.2) is 4.98 Å². The minimum absolute atomic E-state index is 0.0215. The van der Waals surface area contributed by atoms with Gasteiger partial charge in [0.2, 0.25) is 0 Å². The zero-order chi connectivity index (χ0) is 13.5. The fourth-order valence-electron chi connectivity index (χ4n) is 1.90. The molecule has 0 unspecified atom stereocenters. The molecule has 19 heavy (non-hydrogen) atoms. The summed E-state index contributed by atoms with van der Waals surface area (Å²) in [6.45, 7) is 0.835. The second-order valence-electron chi connectivity index (χ2n) is 4.47. The molecular formula is C15H17N3O. The molecule has 98 valence electrons. The number of benzene rings is 1. The number of aryl methyl sites for hydroxylation is 1. The van der Waals surface area contributed by atoms with Gasteiger partial charge in [-0.3, -0.25) is 4.79 Å². The molecule has 1 N–H and O–H groups in total. The Bertz CT molecular complexity index is 532. The van der Waals surface area contributed by atoms with E-state index in [1.54, 1.807) is 24.7 Å². The van der Waals surface area contributed by atoms with E-state index in [9.17, 15) is 4.79 Å². The molecule has 0 radical (unpaired) electrons. The van der Waals surface area contributed by atoms with Crippen molar-refractivity contribution in [1.82, 2.24) is 9.55 Å². The van der Waals surface area contributed by atoms with Gasteiger partial charge in [-0.2, -0.15) is 0 Å². The first kappa shape index (κ1) is 13.2. The molecule has 1 heterocycles. The van der Waals surface area contributed by atoms with Crippen molar-refractivity contribution in [2.75, 3.05) is 0 Å². The van der Waals surface area contributed by atoms with E-state index in [4.69, 9.17) is 5.41 Å². The molecule has 0 spiro atoms. The van der Waals surface area contributed by atoms with Crippen molar-refractivity contribution in [3.05, 3.63) is 54.6 Å². The Labute approximate surface area is 112 Å². The number of aromatic nitrogens is 2. The predicted molar refractivity (Wildman–Crippen MR) is 74.6 cm³/mol. The van der Waals surface area contributed by atoms with Crippen LogP contribution < -0.4 is 0 Å². The van der Waals surface area contributed by atoms with Crippen LogP contribution in [0.2, 0.25) is 0 Å². The second kappa shape index (κ2) is 6.64. The van der Waals surface area contributed by atoms with Crippen molar-refractivity contribution >= 4 is 11.5 Å². The first-order valence-electron chi connectivity index (χ1n) is 6.36. The highest BCUT2D eigenvalue weighted by Gasteiger charge is 2.08. The van der Waals surface area contributed by atoms with Crippen LogP contribution in [-0.2, 0) is 6.54 Å². The van der Waals surface area contributed by atoms with Crippen molar-refractivity contribution in [3.8, 4) is 0 Å². The smallest absolute Gasteiger partial charge is 0.168 e. The minimum Gasteiger partial charge on any atom is -0.337 e. The average Bonchev–Trinajstić information content (AvgIpc) is 2.93. The van der Waals surface area contributed by atoms with Crippen molar-refractivity contribution in [2.45, 2.75) is 25.8 Å². The molecular weight excluding hydrogens is 238 g/mol. The highest BCUT2D eigenvalue weighted by Crippen LogP contribution is 2.06. The number of hydrogen-bond donors (Lipinski definition) is 1. The lowest BCUT2D eigenvalue weighted by Gasteiger charge is -2.04. The zero-order valence-electron chi connectivity index (χ0n) is 10.7. The maximum atomic E-state index is 11.9. The molecule has 0 saturated heterocycles. The molecule has 0 amide bonds. The van der Waals surface area contributed by atoms with Gasteiger partial charge in [-0.15, -0.1) is 0 Å².